The van der Waals surface area contributed by atoms with Crippen molar-refractivity contribution in [2.75, 3.05) is 26.4 Å². The van der Waals surface area contributed by atoms with Crippen molar-refractivity contribution in [3.63, 3.8) is 0 Å². The Bertz CT molecular complexity index is 1460. The maximum Gasteiger partial charge on any atom is 0.430 e. The fraction of sp³-hybridized carbons (Fsp3) is 0.588. The monoisotopic (exact) mass is 688 g/mol. The Morgan fingerprint density at radius 3 is 1.96 bits per heavy atom. The first-order valence-corrected chi connectivity index (χ1v) is 16.0. The number of amides is 3. The molecule has 0 aliphatic carbocycles. The predicted octanol–water partition coefficient (Wildman–Crippen LogP) is 7.33. The first-order valence-electron chi connectivity index (χ1n) is 16.0. The molecule has 48 heavy (non-hydrogen) atoms. The van der Waals surface area contributed by atoms with Gasteiger partial charge >= 0.3 is 18.4 Å². The minimum absolute atomic E-state index is 0.0197. The lowest BCUT2D eigenvalue weighted by Gasteiger charge is -2.40. The zero-order valence-corrected chi connectivity index (χ0v) is 27.7. The zero-order chi connectivity index (χ0) is 35.7. The Hall–Kier alpha value is -3.68. The molecule has 1 saturated heterocycles. The van der Waals surface area contributed by atoms with Crippen molar-refractivity contribution in [1.29, 1.82) is 0 Å². The number of unbranched alkanes of at least 4 members (excludes halogenated alkanes) is 1. The van der Waals surface area contributed by atoms with Gasteiger partial charge in [0.15, 0.2) is 17.0 Å². The van der Waals surface area contributed by atoms with Crippen molar-refractivity contribution in [2.45, 2.75) is 96.6 Å². The highest BCUT2D eigenvalue weighted by Crippen LogP contribution is 2.51. The molecule has 1 unspecified atom stereocenters. The van der Waals surface area contributed by atoms with Gasteiger partial charge in [0, 0.05) is 12.1 Å². The van der Waals surface area contributed by atoms with E-state index in [-0.39, 0.29) is 42.9 Å². The Kier molecular flexibility index (Phi) is 10.6. The number of nitrogens with zero attached hydrogens (tertiary/aromatic N) is 1. The molecule has 1 atom stereocenters. The summed E-state index contributed by atoms with van der Waals surface area (Å²) in [5.74, 6) is 0.747. The molecule has 3 amide bonds. The Labute approximate surface area is 275 Å². The number of imide groups is 1. The highest BCUT2D eigenvalue weighted by molar-refractivity contribution is 6.08. The van der Waals surface area contributed by atoms with Gasteiger partial charge in [0.2, 0.25) is 0 Å². The number of aryl methyl sites for hydroxylation is 2. The quantitative estimate of drug-likeness (QED) is 0.138. The number of rotatable bonds is 12. The summed E-state index contributed by atoms with van der Waals surface area (Å²) < 4.78 is 99.5. The van der Waals surface area contributed by atoms with Gasteiger partial charge < -0.3 is 24.6 Å². The van der Waals surface area contributed by atoms with Gasteiger partial charge in [-0.25, -0.2) is 4.79 Å². The fourth-order valence-electron chi connectivity index (χ4n) is 6.29. The highest BCUT2D eigenvalue weighted by atomic mass is 19.4. The van der Waals surface area contributed by atoms with Crippen molar-refractivity contribution in [3.8, 4) is 17.2 Å². The first kappa shape index (κ1) is 37.1. The van der Waals surface area contributed by atoms with Crippen molar-refractivity contribution in [2.24, 2.45) is 5.41 Å². The van der Waals surface area contributed by atoms with Gasteiger partial charge in [-0.1, -0.05) is 53.5 Å². The molecule has 0 spiro atoms. The Morgan fingerprint density at radius 1 is 0.875 bits per heavy atom. The summed E-state index contributed by atoms with van der Waals surface area (Å²) in [7, 11) is 0. The van der Waals surface area contributed by atoms with Gasteiger partial charge in [-0.2, -0.15) is 26.3 Å². The van der Waals surface area contributed by atoms with Gasteiger partial charge in [-0.15, -0.1) is 0 Å². The van der Waals surface area contributed by atoms with Crippen LogP contribution in [0.25, 0.3) is 0 Å². The van der Waals surface area contributed by atoms with E-state index in [1.165, 1.54) is 0 Å². The van der Waals surface area contributed by atoms with Gasteiger partial charge in [-0.05, 0) is 72.1 Å². The maximum atomic E-state index is 14.0. The molecule has 266 valence electrons. The maximum absolute atomic E-state index is 14.0. The topological polar surface area (TPSA) is 97.3 Å². The molecule has 2 aliphatic heterocycles. The van der Waals surface area contributed by atoms with Gasteiger partial charge in [0.25, 0.3) is 11.5 Å². The van der Waals surface area contributed by atoms with Crippen LogP contribution < -0.4 is 19.5 Å². The lowest BCUT2D eigenvalue weighted by molar-refractivity contribution is -0.376. The Morgan fingerprint density at radius 2 is 1.44 bits per heavy atom. The lowest BCUT2D eigenvalue weighted by Crippen LogP contribution is -2.54. The number of ether oxygens (including phenoxy) is 3. The molecule has 8 nitrogen and oxygen atoms in total. The second-order valence-corrected chi connectivity index (χ2v) is 13.1. The molecule has 1 fully saturated rings. The van der Waals surface area contributed by atoms with Crippen LogP contribution in [0.1, 0.15) is 82.6 Å². The zero-order valence-electron chi connectivity index (χ0n) is 27.7. The molecule has 0 saturated carbocycles. The molecule has 4 rings (SSSR count). The summed E-state index contributed by atoms with van der Waals surface area (Å²) in [6.07, 6.45) is -10.4. The molecule has 0 radical (unpaired) electrons. The van der Waals surface area contributed by atoms with Crippen LogP contribution in [-0.2, 0) is 28.8 Å². The summed E-state index contributed by atoms with van der Waals surface area (Å²) in [6, 6.07) is 6.00. The van der Waals surface area contributed by atoms with Crippen LogP contribution in [0.5, 0.6) is 17.2 Å². The second-order valence-electron chi connectivity index (χ2n) is 13.1. The number of alkyl halides is 6. The van der Waals surface area contributed by atoms with Crippen LogP contribution in [-0.4, -0.2) is 60.7 Å². The summed E-state index contributed by atoms with van der Waals surface area (Å²) in [5.41, 5.74) is -7.71. The average molecular weight is 689 g/mol. The minimum Gasteiger partial charge on any atom is -0.493 e. The number of carbonyl (C=O) groups is 2. The number of aliphatic hydroxyl groups is 1. The van der Waals surface area contributed by atoms with Crippen LogP contribution in [0.15, 0.2) is 30.3 Å². The van der Waals surface area contributed by atoms with E-state index in [4.69, 9.17) is 14.2 Å². The number of hydrogen-bond acceptors (Lipinski definition) is 6. The smallest absolute Gasteiger partial charge is 0.430 e. The van der Waals surface area contributed by atoms with Crippen LogP contribution in [0.4, 0.5) is 31.1 Å². The largest absolute Gasteiger partial charge is 0.493 e. The SMILES string of the molecule is CCCc1cc(C(O)(C(F)(F)F)C(F)(F)F)cc(CCC)c1OCCCCN1C(=O)NC(c2ccc3c(c2)OCCO3)(C(C)(C)C)C1=O. The third kappa shape index (κ3) is 6.64. The molecular weight excluding hydrogens is 646 g/mol. The van der Waals surface area contributed by atoms with Crippen LogP contribution in [0.2, 0.25) is 0 Å². The van der Waals surface area contributed by atoms with Gasteiger partial charge in [0.1, 0.15) is 19.0 Å². The van der Waals surface area contributed by atoms with Crippen molar-refractivity contribution >= 4 is 11.9 Å². The minimum atomic E-state index is -6.01. The molecular formula is C34H42F6N2O6. The number of urea groups is 1. The summed E-state index contributed by atoms with van der Waals surface area (Å²) in [5, 5.41) is 13.0. The van der Waals surface area contributed by atoms with E-state index < -0.39 is 46.4 Å². The molecule has 0 bridgehead atoms. The summed E-state index contributed by atoms with van der Waals surface area (Å²) in [6.45, 7) is 9.78. The van der Waals surface area contributed by atoms with E-state index >= 15 is 0 Å². The molecule has 0 aromatic heterocycles. The van der Waals surface area contributed by atoms with Crippen LogP contribution >= 0.6 is 0 Å². The van der Waals surface area contributed by atoms with Crippen LogP contribution in [0.3, 0.4) is 0 Å². The third-order valence-electron chi connectivity index (χ3n) is 8.75. The number of carbonyl (C=O) groups excluding carboxylic acids is 2. The van der Waals surface area contributed by atoms with E-state index in [2.05, 4.69) is 5.32 Å². The predicted molar refractivity (Wildman–Crippen MR) is 164 cm³/mol. The molecule has 2 aromatic rings. The normalized spacial score (nSPS) is 18.7. The molecule has 2 aromatic carbocycles. The van der Waals surface area contributed by atoms with E-state index in [1.54, 1.807) is 32.0 Å². The lowest BCUT2D eigenvalue weighted by atomic mass is 9.69. The average Bonchev–Trinajstić information content (AvgIpc) is 3.26. The van der Waals surface area contributed by atoms with E-state index in [0.29, 0.717) is 56.0 Å². The molecule has 14 heteroatoms. The molecule has 2 heterocycles. The first-order chi connectivity index (χ1) is 22.3. The van der Waals surface area contributed by atoms with Gasteiger partial charge in [-0.3, -0.25) is 9.69 Å². The summed E-state index contributed by atoms with van der Waals surface area (Å²) in [4.78, 5) is 28.3. The van der Waals surface area contributed by atoms with Crippen molar-refractivity contribution < 1.29 is 55.2 Å². The number of halogens is 6. The number of fused-ring (bicyclic) bond motifs is 1. The Balaban J connectivity index is 1.51. The van der Waals surface area contributed by atoms with Gasteiger partial charge in [0.05, 0.1) is 6.61 Å². The summed E-state index contributed by atoms with van der Waals surface area (Å²) >= 11 is 0. The fourth-order valence-corrected chi connectivity index (χ4v) is 6.29. The third-order valence-corrected chi connectivity index (χ3v) is 8.75. The van der Waals surface area contributed by atoms with Crippen molar-refractivity contribution in [1.82, 2.24) is 10.2 Å². The van der Waals surface area contributed by atoms with E-state index in [0.717, 1.165) is 17.0 Å². The second kappa shape index (κ2) is 13.7. The highest BCUT2D eigenvalue weighted by Gasteiger charge is 2.71. The molecule has 2 N–H and O–H groups in total. The van der Waals surface area contributed by atoms with E-state index in [1.807, 2.05) is 20.8 Å². The molecule has 2 aliphatic rings. The number of hydrogen-bond donors (Lipinski definition) is 2. The van der Waals surface area contributed by atoms with Crippen LogP contribution in [0, 0.1) is 5.41 Å². The number of nitrogens with one attached hydrogen (secondary N) is 1. The van der Waals surface area contributed by atoms with E-state index in [9.17, 15) is 41.0 Å². The van der Waals surface area contributed by atoms with Crippen molar-refractivity contribution in [3.05, 3.63) is 52.6 Å². The standard InChI is InChI=1S/C34H42F6N2O6/c1-6-10-21-18-24(32(45,33(35,36)37)34(38,39)40)19-22(11-7-2)27(21)48-15-9-8-14-42-28(43)31(30(3,4)5,41-29(42)44)23-12-13-25-26(20-23)47-17-16-46-25/h12-13,18-20,45H,6-11,14-17H2,1-5H3,(H,41,44). The number of benzene rings is 2.